The second-order valence-corrected chi connectivity index (χ2v) is 8.61. The molecule has 1 aliphatic rings. The van der Waals surface area contributed by atoms with Crippen molar-refractivity contribution in [2.24, 2.45) is 0 Å². The van der Waals surface area contributed by atoms with Crippen molar-refractivity contribution in [3.05, 3.63) is 93.5 Å². The number of carbonyl (C=O) groups is 1. The zero-order valence-corrected chi connectivity index (χ0v) is 20.0. The SMILES string of the molecule is CCOC(=O)c1cc(C(F)(F)F)cc(C2=C(c3cc(Cl)ccc3OCc3ccccc3F)CCC2)n1. The van der Waals surface area contributed by atoms with Crippen LogP contribution in [0.2, 0.25) is 5.02 Å². The van der Waals surface area contributed by atoms with Crippen LogP contribution < -0.4 is 4.74 Å². The largest absolute Gasteiger partial charge is 0.488 e. The van der Waals surface area contributed by atoms with Crippen LogP contribution in [0.4, 0.5) is 17.6 Å². The number of esters is 1. The highest BCUT2D eigenvalue weighted by Crippen LogP contribution is 2.44. The van der Waals surface area contributed by atoms with Crippen molar-refractivity contribution in [2.75, 3.05) is 6.61 Å². The number of halogens is 5. The first-order chi connectivity index (χ1) is 17.2. The van der Waals surface area contributed by atoms with Crippen LogP contribution in [0, 0.1) is 5.82 Å². The minimum atomic E-state index is -4.68. The standard InChI is InChI=1S/C27H22ClF4NO3/c1-2-35-26(34)24-13-17(27(30,31)32)12-23(33-24)20-8-5-7-19(20)21-14-18(28)10-11-25(21)36-15-16-6-3-4-9-22(16)29/h3-4,6,9-14H,2,5,7-8,15H2,1H3. The number of aromatic nitrogens is 1. The Morgan fingerprint density at radius 2 is 1.81 bits per heavy atom. The summed E-state index contributed by atoms with van der Waals surface area (Å²) in [6, 6.07) is 12.8. The first kappa shape index (κ1) is 25.7. The molecule has 2 aromatic carbocycles. The second kappa shape index (κ2) is 10.7. The Kier molecular flexibility index (Phi) is 7.64. The van der Waals surface area contributed by atoms with Gasteiger partial charge in [-0.3, -0.25) is 0 Å². The number of nitrogens with zero attached hydrogens (tertiary/aromatic N) is 1. The summed E-state index contributed by atoms with van der Waals surface area (Å²) in [5, 5.41) is 0.409. The summed E-state index contributed by atoms with van der Waals surface area (Å²) in [6.45, 7) is 1.52. The van der Waals surface area contributed by atoms with E-state index in [9.17, 15) is 22.4 Å². The maximum absolute atomic E-state index is 14.1. The number of rotatable bonds is 7. The van der Waals surface area contributed by atoms with Gasteiger partial charge in [-0.15, -0.1) is 0 Å². The van der Waals surface area contributed by atoms with E-state index >= 15 is 0 Å². The lowest BCUT2D eigenvalue weighted by Crippen LogP contribution is -2.13. The van der Waals surface area contributed by atoms with Crippen molar-refractivity contribution >= 4 is 28.7 Å². The molecule has 188 valence electrons. The van der Waals surface area contributed by atoms with E-state index in [0.29, 0.717) is 58.4 Å². The van der Waals surface area contributed by atoms with Crippen LogP contribution >= 0.6 is 11.6 Å². The molecule has 0 aliphatic heterocycles. The number of ether oxygens (including phenoxy) is 2. The Bertz CT molecular complexity index is 1320. The molecule has 9 heteroatoms. The zero-order valence-electron chi connectivity index (χ0n) is 19.3. The molecule has 0 spiro atoms. The van der Waals surface area contributed by atoms with Crippen LogP contribution in [0.15, 0.2) is 54.6 Å². The molecular formula is C27H22ClF4NO3. The molecule has 1 aromatic heterocycles. The van der Waals surface area contributed by atoms with Crippen LogP contribution in [0.25, 0.3) is 11.1 Å². The fourth-order valence-electron chi connectivity index (χ4n) is 4.12. The first-order valence-electron chi connectivity index (χ1n) is 11.3. The molecule has 4 nitrogen and oxygen atoms in total. The van der Waals surface area contributed by atoms with Gasteiger partial charge in [-0.2, -0.15) is 13.2 Å². The molecule has 0 N–H and O–H groups in total. The topological polar surface area (TPSA) is 48.4 Å². The lowest BCUT2D eigenvalue weighted by atomic mass is 9.98. The third-order valence-electron chi connectivity index (χ3n) is 5.77. The Morgan fingerprint density at radius 3 is 2.53 bits per heavy atom. The number of alkyl halides is 3. The number of hydrogen-bond donors (Lipinski definition) is 0. The van der Waals surface area contributed by atoms with Gasteiger partial charge < -0.3 is 9.47 Å². The van der Waals surface area contributed by atoms with E-state index in [0.717, 1.165) is 6.07 Å². The highest BCUT2D eigenvalue weighted by molar-refractivity contribution is 6.30. The minimum Gasteiger partial charge on any atom is -0.488 e. The fraction of sp³-hybridized carbons (Fsp3) is 0.259. The lowest BCUT2D eigenvalue weighted by Gasteiger charge is -2.16. The van der Waals surface area contributed by atoms with E-state index in [1.54, 1.807) is 43.3 Å². The average molecular weight is 520 g/mol. The Hall–Kier alpha value is -3.39. The van der Waals surface area contributed by atoms with Gasteiger partial charge in [-0.25, -0.2) is 14.2 Å². The van der Waals surface area contributed by atoms with Gasteiger partial charge in [0.05, 0.1) is 17.9 Å². The summed E-state index contributed by atoms with van der Waals surface area (Å²) in [5.74, 6) is -0.926. The molecule has 0 atom stereocenters. The van der Waals surface area contributed by atoms with E-state index in [1.807, 2.05) is 0 Å². The van der Waals surface area contributed by atoms with Crippen molar-refractivity contribution < 1.29 is 31.8 Å². The van der Waals surface area contributed by atoms with Crippen LogP contribution in [-0.4, -0.2) is 17.6 Å². The van der Waals surface area contributed by atoms with Gasteiger partial charge in [0.15, 0.2) is 0 Å². The van der Waals surface area contributed by atoms with E-state index < -0.39 is 29.2 Å². The third kappa shape index (κ3) is 5.70. The van der Waals surface area contributed by atoms with Gasteiger partial charge in [-0.05, 0) is 73.7 Å². The van der Waals surface area contributed by atoms with Gasteiger partial charge in [0.25, 0.3) is 0 Å². The molecule has 1 aliphatic carbocycles. The average Bonchev–Trinajstić information content (AvgIpc) is 3.33. The molecular weight excluding hydrogens is 498 g/mol. The highest BCUT2D eigenvalue weighted by Gasteiger charge is 2.34. The van der Waals surface area contributed by atoms with Crippen molar-refractivity contribution in [1.29, 1.82) is 0 Å². The predicted molar refractivity (Wildman–Crippen MR) is 128 cm³/mol. The van der Waals surface area contributed by atoms with E-state index in [2.05, 4.69) is 4.98 Å². The molecule has 1 heterocycles. The molecule has 0 amide bonds. The molecule has 36 heavy (non-hydrogen) atoms. The Balaban J connectivity index is 1.79. The number of hydrogen-bond acceptors (Lipinski definition) is 4. The summed E-state index contributed by atoms with van der Waals surface area (Å²) in [7, 11) is 0. The smallest absolute Gasteiger partial charge is 0.416 e. The molecule has 0 radical (unpaired) electrons. The van der Waals surface area contributed by atoms with Crippen molar-refractivity contribution in [3.8, 4) is 5.75 Å². The monoisotopic (exact) mass is 519 g/mol. The van der Waals surface area contributed by atoms with Crippen molar-refractivity contribution in [3.63, 3.8) is 0 Å². The van der Waals surface area contributed by atoms with Gasteiger partial charge in [0.2, 0.25) is 0 Å². The maximum Gasteiger partial charge on any atom is 0.416 e. The number of pyridine rings is 1. The van der Waals surface area contributed by atoms with Crippen molar-refractivity contribution in [2.45, 2.75) is 39.0 Å². The third-order valence-corrected chi connectivity index (χ3v) is 6.01. The number of benzene rings is 2. The highest BCUT2D eigenvalue weighted by atomic mass is 35.5. The summed E-state index contributed by atoms with van der Waals surface area (Å²) in [5.41, 5.74) is 0.854. The van der Waals surface area contributed by atoms with Crippen LogP contribution in [0.1, 0.15) is 59.1 Å². The zero-order chi connectivity index (χ0) is 25.9. The van der Waals surface area contributed by atoms with E-state index in [1.165, 1.54) is 6.07 Å². The van der Waals surface area contributed by atoms with E-state index in [-0.39, 0.29) is 18.9 Å². The normalized spacial score (nSPS) is 13.7. The molecule has 0 fully saturated rings. The van der Waals surface area contributed by atoms with Crippen molar-refractivity contribution in [1.82, 2.24) is 4.98 Å². The van der Waals surface area contributed by atoms with Gasteiger partial charge >= 0.3 is 12.1 Å². The summed E-state index contributed by atoms with van der Waals surface area (Å²) in [4.78, 5) is 16.5. The van der Waals surface area contributed by atoms with E-state index in [4.69, 9.17) is 21.1 Å². The quantitative estimate of drug-likeness (QED) is 0.236. The molecule has 0 bridgehead atoms. The summed E-state index contributed by atoms with van der Waals surface area (Å²) >= 11 is 6.25. The Morgan fingerprint density at radius 1 is 1.06 bits per heavy atom. The summed E-state index contributed by atoms with van der Waals surface area (Å²) < 4.78 is 65.8. The van der Waals surface area contributed by atoms with Gasteiger partial charge in [-0.1, -0.05) is 29.8 Å². The number of allylic oxidation sites excluding steroid dienone is 2. The molecule has 0 unspecified atom stereocenters. The Labute approximate surface area is 210 Å². The minimum absolute atomic E-state index is 0.00522. The van der Waals surface area contributed by atoms with Crippen LogP contribution in [0.5, 0.6) is 5.75 Å². The lowest BCUT2D eigenvalue weighted by molar-refractivity contribution is -0.137. The first-order valence-corrected chi connectivity index (χ1v) is 11.7. The van der Waals surface area contributed by atoms with Crippen LogP contribution in [-0.2, 0) is 17.5 Å². The van der Waals surface area contributed by atoms with Gasteiger partial charge in [0.1, 0.15) is 23.9 Å². The predicted octanol–water partition coefficient (Wildman–Crippen LogP) is 7.74. The molecule has 4 rings (SSSR count). The second-order valence-electron chi connectivity index (χ2n) is 8.18. The van der Waals surface area contributed by atoms with Crippen LogP contribution in [0.3, 0.4) is 0 Å². The number of carbonyl (C=O) groups excluding carboxylic acids is 1. The van der Waals surface area contributed by atoms with Gasteiger partial charge in [0, 0.05) is 16.1 Å². The fourth-order valence-corrected chi connectivity index (χ4v) is 4.29. The molecule has 0 saturated carbocycles. The summed E-state index contributed by atoms with van der Waals surface area (Å²) in [6.07, 6.45) is -3.03. The molecule has 3 aromatic rings. The molecule has 0 saturated heterocycles. The maximum atomic E-state index is 14.1.